The molecule has 58 valence electrons. The van der Waals surface area contributed by atoms with Crippen LogP contribution in [0.1, 0.15) is 5.56 Å². The Morgan fingerprint density at radius 2 is 2.18 bits per heavy atom. The van der Waals surface area contributed by atoms with Gasteiger partial charge in [-0.05, 0) is 12.1 Å². The van der Waals surface area contributed by atoms with Gasteiger partial charge in [-0.2, -0.15) is 0 Å². The Labute approximate surface area is 68.5 Å². The molecule has 11 heavy (non-hydrogen) atoms. The number of thiocarbonyl (C=S) groups is 1. The van der Waals surface area contributed by atoms with Crippen LogP contribution in [-0.4, -0.2) is 10.1 Å². The van der Waals surface area contributed by atoms with E-state index in [0.717, 1.165) is 0 Å². The molecule has 0 bridgehead atoms. The third-order valence-corrected chi connectivity index (χ3v) is 1.44. The molecule has 0 atom stereocenters. The van der Waals surface area contributed by atoms with Crippen molar-refractivity contribution in [2.24, 2.45) is 5.73 Å². The van der Waals surface area contributed by atoms with Crippen molar-refractivity contribution in [2.75, 3.05) is 0 Å². The summed E-state index contributed by atoms with van der Waals surface area (Å²) in [6, 6.07) is 3.90. The number of hydrogen-bond acceptors (Lipinski definition) is 2. The topological polar surface area (TPSA) is 46.2 Å². The Hall–Kier alpha value is -1.16. The summed E-state index contributed by atoms with van der Waals surface area (Å²) in [5, 5.41) is 9.05. The molecule has 0 aromatic heterocycles. The highest BCUT2D eigenvalue weighted by atomic mass is 32.1. The average Bonchev–Trinajstić information content (AvgIpc) is 1.85. The molecule has 2 nitrogen and oxygen atoms in total. The highest BCUT2D eigenvalue weighted by Gasteiger charge is 2.08. The SMILES string of the molecule is NC(=S)c1c(O)cccc1F. The van der Waals surface area contributed by atoms with Crippen molar-refractivity contribution in [2.45, 2.75) is 0 Å². The van der Waals surface area contributed by atoms with Crippen LogP contribution in [0.3, 0.4) is 0 Å². The van der Waals surface area contributed by atoms with Crippen LogP contribution in [0.25, 0.3) is 0 Å². The van der Waals surface area contributed by atoms with Crippen LogP contribution in [-0.2, 0) is 0 Å². The van der Waals surface area contributed by atoms with Crippen LogP contribution >= 0.6 is 12.2 Å². The number of aromatic hydroxyl groups is 1. The molecule has 0 radical (unpaired) electrons. The lowest BCUT2D eigenvalue weighted by molar-refractivity contribution is 0.467. The minimum atomic E-state index is -0.600. The molecule has 0 fully saturated rings. The number of benzene rings is 1. The Balaban J connectivity index is 3.32. The minimum Gasteiger partial charge on any atom is -0.507 e. The first kappa shape index (κ1) is 7.94. The first-order chi connectivity index (χ1) is 5.13. The van der Waals surface area contributed by atoms with Gasteiger partial charge in [-0.3, -0.25) is 0 Å². The highest BCUT2D eigenvalue weighted by molar-refractivity contribution is 7.80. The van der Waals surface area contributed by atoms with Crippen molar-refractivity contribution >= 4 is 17.2 Å². The highest BCUT2D eigenvalue weighted by Crippen LogP contribution is 2.18. The van der Waals surface area contributed by atoms with E-state index >= 15 is 0 Å². The van der Waals surface area contributed by atoms with Crippen molar-refractivity contribution in [1.82, 2.24) is 0 Å². The molecule has 0 aliphatic rings. The zero-order valence-electron chi connectivity index (χ0n) is 5.54. The lowest BCUT2D eigenvalue weighted by atomic mass is 10.2. The predicted octanol–water partition coefficient (Wildman–Crippen LogP) is 1.17. The fourth-order valence-corrected chi connectivity index (χ4v) is 0.959. The number of phenols is 1. The molecule has 0 spiro atoms. The van der Waals surface area contributed by atoms with E-state index in [1.54, 1.807) is 0 Å². The molecule has 0 saturated carbocycles. The second kappa shape index (κ2) is 2.84. The lowest BCUT2D eigenvalue weighted by Gasteiger charge is -2.01. The number of rotatable bonds is 1. The standard InChI is InChI=1S/C7H6FNOS/c8-4-2-1-3-5(10)6(4)7(9)11/h1-3,10H,(H2,9,11). The van der Waals surface area contributed by atoms with Crippen molar-refractivity contribution in [3.8, 4) is 5.75 Å². The maximum atomic E-state index is 12.8. The quantitative estimate of drug-likeness (QED) is 0.623. The summed E-state index contributed by atoms with van der Waals surface area (Å²) in [7, 11) is 0. The van der Waals surface area contributed by atoms with Gasteiger partial charge < -0.3 is 10.8 Å². The van der Waals surface area contributed by atoms with E-state index in [2.05, 4.69) is 12.2 Å². The molecular formula is C7H6FNOS. The minimum absolute atomic E-state index is 0.0949. The van der Waals surface area contributed by atoms with Gasteiger partial charge in [0.1, 0.15) is 16.6 Å². The van der Waals surface area contributed by atoms with Crippen molar-refractivity contribution < 1.29 is 9.50 Å². The summed E-state index contributed by atoms with van der Waals surface area (Å²) >= 11 is 4.51. The van der Waals surface area contributed by atoms with Gasteiger partial charge in [0.05, 0.1) is 5.56 Å². The van der Waals surface area contributed by atoms with Crippen LogP contribution in [0, 0.1) is 5.82 Å². The smallest absolute Gasteiger partial charge is 0.137 e. The maximum absolute atomic E-state index is 12.8. The summed E-state index contributed by atoms with van der Waals surface area (Å²) in [6.45, 7) is 0. The largest absolute Gasteiger partial charge is 0.507 e. The second-order valence-corrected chi connectivity index (χ2v) is 2.44. The summed E-state index contributed by atoms with van der Waals surface area (Å²) in [5.41, 5.74) is 5.05. The van der Waals surface area contributed by atoms with E-state index in [4.69, 9.17) is 10.8 Å². The molecule has 4 heteroatoms. The van der Waals surface area contributed by atoms with Gasteiger partial charge in [-0.25, -0.2) is 4.39 Å². The number of nitrogens with two attached hydrogens (primary N) is 1. The molecular weight excluding hydrogens is 165 g/mol. The van der Waals surface area contributed by atoms with Crippen molar-refractivity contribution in [1.29, 1.82) is 0 Å². The summed E-state index contributed by atoms with van der Waals surface area (Å²) in [6.07, 6.45) is 0. The number of phenolic OH excluding ortho intramolecular Hbond substituents is 1. The number of halogens is 1. The van der Waals surface area contributed by atoms with Gasteiger partial charge in [-0.15, -0.1) is 0 Å². The van der Waals surface area contributed by atoms with E-state index in [0.29, 0.717) is 0 Å². The van der Waals surface area contributed by atoms with Crippen LogP contribution in [0.2, 0.25) is 0 Å². The van der Waals surface area contributed by atoms with E-state index in [-0.39, 0.29) is 16.3 Å². The summed E-state index contributed by atoms with van der Waals surface area (Å²) in [5.74, 6) is -0.824. The van der Waals surface area contributed by atoms with E-state index in [1.807, 2.05) is 0 Å². The Morgan fingerprint density at radius 3 is 2.55 bits per heavy atom. The normalized spacial score (nSPS) is 9.55. The zero-order valence-corrected chi connectivity index (χ0v) is 6.36. The molecule has 0 aliphatic heterocycles. The second-order valence-electron chi connectivity index (χ2n) is 2.00. The molecule has 0 heterocycles. The van der Waals surface area contributed by atoms with E-state index in [9.17, 15) is 4.39 Å². The van der Waals surface area contributed by atoms with Gasteiger partial charge in [0, 0.05) is 0 Å². The lowest BCUT2D eigenvalue weighted by Crippen LogP contribution is -2.11. The predicted molar refractivity (Wildman–Crippen MR) is 44.0 cm³/mol. The Kier molecular flexibility index (Phi) is 2.05. The third-order valence-electron chi connectivity index (χ3n) is 1.24. The van der Waals surface area contributed by atoms with E-state index in [1.165, 1.54) is 18.2 Å². The van der Waals surface area contributed by atoms with Crippen LogP contribution < -0.4 is 5.73 Å². The van der Waals surface area contributed by atoms with Crippen LogP contribution in [0.15, 0.2) is 18.2 Å². The fourth-order valence-electron chi connectivity index (χ4n) is 0.757. The molecule has 0 amide bonds. The maximum Gasteiger partial charge on any atom is 0.137 e. The summed E-state index contributed by atoms with van der Waals surface area (Å²) in [4.78, 5) is -0.138. The fraction of sp³-hybridized carbons (Fsp3) is 0. The van der Waals surface area contributed by atoms with Gasteiger partial charge in [-0.1, -0.05) is 18.3 Å². The summed E-state index contributed by atoms with van der Waals surface area (Å²) < 4.78 is 12.8. The Morgan fingerprint density at radius 1 is 1.55 bits per heavy atom. The molecule has 1 rings (SSSR count). The third kappa shape index (κ3) is 1.46. The van der Waals surface area contributed by atoms with Gasteiger partial charge >= 0.3 is 0 Å². The van der Waals surface area contributed by atoms with Crippen LogP contribution in [0.4, 0.5) is 4.39 Å². The first-order valence-electron chi connectivity index (χ1n) is 2.90. The molecule has 1 aromatic carbocycles. The Bertz CT molecular complexity index is 280. The van der Waals surface area contributed by atoms with Crippen molar-refractivity contribution in [3.63, 3.8) is 0 Å². The van der Waals surface area contributed by atoms with Gasteiger partial charge in [0.25, 0.3) is 0 Å². The van der Waals surface area contributed by atoms with Gasteiger partial charge in [0.15, 0.2) is 0 Å². The first-order valence-corrected chi connectivity index (χ1v) is 3.31. The van der Waals surface area contributed by atoms with Crippen LogP contribution in [0.5, 0.6) is 5.75 Å². The average molecular weight is 171 g/mol. The monoisotopic (exact) mass is 171 g/mol. The molecule has 1 aromatic rings. The number of hydrogen-bond donors (Lipinski definition) is 2. The molecule has 0 unspecified atom stereocenters. The molecule has 0 saturated heterocycles. The molecule has 3 N–H and O–H groups in total. The van der Waals surface area contributed by atoms with Gasteiger partial charge in [0.2, 0.25) is 0 Å². The molecule has 0 aliphatic carbocycles. The van der Waals surface area contributed by atoms with E-state index < -0.39 is 5.82 Å². The zero-order chi connectivity index (χ0) is 8.43. The van der Waals surface area contributed by atoms with Crippen molar-refractivity contribution in [3.05, 3.63) is 29.6 Å².